The van der Waals surface area contributed by atoms with Gasteiger partial charge < -0.3 is 20.9 Å². The third kappa shape index (κ3) is 6.12. The van der Waals surface area contributed by atoms with Gasteiger partial charge in [0.25, 0.3) is 11.8 Å². The van der Waals surface area contributed by atoms with E-state index in [1.165, 1.54) is 4.90 Å². The molecule has 0 spiro atoms. The first-order valence-electron chi connectivity index (χ1n) is 9.02. The van der Waals surface area contributed by atoms with Crippen molar-refractivity contribution >= 4 is 29.1 Å². The largest absolute Gasteiger partial charge is 0.376 e. The molecule has 0 saturated carbocycles. The second kappa shape index (κ2) is 9.55. The van der Waals surface area contributed by atoms with Crippen molar-refractivity contribution in [2.24, 2.45) is 0 Å². The van der Waals surface area contributed by atoms with Gasteiger partial charge in [-0.05, 0) is 56.3 Å². The minimum Gasteiger partial charge on any atom is -0.376 e. The van der Waals surface area contributed by atoms with Crippen molar-refractivity contribution in [1.29, 1.82) is 0 Å². The van der Waals surface area contributed by atoms with E-state index in [2.05, 4.69) is 16.0 Å². The molecule has 0 bridgehead atoms. The molecular formula is C21H26N4O3. The molecule has 0 aliphatic rings. The number of hydrogen-bond acceptors (Lipinski definition) is 4. The lowest BCUT2D eigenvalue weighted by Crippen LogP contribution is -2.30. The highest BCUT2D eigenvalue weighted by atomic mass is 16.2. The van der Waals surface area contributed by atoms with Gasteiger partial charge in [-0.1, -0.05) is 6.07 Å². The van der Waals surface area contributed by atoms with Crippen LogP contribution in [0.1, 0.15) is 34.6 Å². The van der Waals surface area contributed by atoms with E-state index in [1.54, 1.807) is 62.6 Å². The molecule has 0 heterocycles. The molecule has 0 aliphatic heterocycles. The number of rotatable bonds is 7. The monoisotopic (exact) mass is 382 g/mol. The van der Waals surface area contributed by atoms with Crippen LogP contribution in [0.15, 0.2) is 48.5 Å². The first-order chi connectivity index (χ1) is 13.3. The van der Waals surface area contributed by atoms with Crippen LogP contribution in [0.4, 0.5) is 11.4 Å². The number of benzene rings is 2. The summed E-state index contributed by atoms with van der Waals surface area (Å²) in [6, 6.07) is 13.7. The topological polar surface area (TPSA) is 90.5 Å². The second-order valence-electron chi connectivity index (χ2n) is 6.89. The van der Waals surface area contributed by atoms with E-state index >= 15 is 0 Å². The summed E-state index contributed by atoms with van der Waals surface area (Å²) in [7, 11) is 3.37. The molecule has 0 aromatic heterocycles. The van der Waals surface area contributed by atoms with E-state index in [0.717, 1.165) is 0 Å². The SMILES string of the molecule is CC(C)NC(=O)c1cccc(NCC(=O)Nc2ccc(C(=O)N(C)C)cc2)c1. The Hall–Kier alpha value is -3.35. The number of nitrogens with zero attached hydrogens (tertiary/aromatic N) is 1. The van der Waals surface area contributed by atoms with Crippen molar-refractivity contribution in [3.8, 4) is 0 Å². The molecule has 3 N–H and O–H groups in total. The quantitative estimate of drug-likeness (QED) is 0.686. The number of nitrogens with one attached hydrogen (secondary N) is 3. The Bertz CT molecular complexity index is 845. The maximum atomic E-state index is 12.1. The maximum Gasteiger partial charge on any atom is 0.253 e. The van der Waals surface area contributed by atoms with Crippen LogP contribution in [-0.4, -0.2) is 49.3 Å². The van der Waals surface area contributed by atoms with Crippen LogP contribution in [0, 0.1) is 0 Å². The highest BCUT2D eigenvalue weighted by Crippen LogP contribution is 2.12. The fourth-order valence-corrected chi connectivity index (χ4v) is 2.46. The molecule has 28 heavy (non-hydrogen) atoms. The molecule has 2 rings (SSSR count). The number of carbonyl (C=O) groups excluding carboxylic acids is 3. The average Bonchev–Trinajstić information content (AvgIpc) is 2.66. The zero-order chi connectivity index (χ0) is 20.7. The van der Waals surface area contributed by atoms with E-state index in [9.17, 15) is 14.4 Å². The van der Waals surface area contributed by atoms with Crippen LogP contribution in [0.25, 0.3) is 0 Å². The van der Waals surface area contributed by atoms with Gasteiger partial charge in [0.15, 0.2) is 0 Å². The zero-order valence-corrected chi connectivity index (χ0v) is 16.6. The molecule has 0 atom stereocenters. The zero-order valence-electron chi connectivity index (χ0n) is 16.6. The summed E-state index contributed by atoms with van der Waals surface area (Å²) in [5, 5.41) is 8.60. The molecule has 0 fully saturated rings. The predicted octanol–water partition coefficient (Wildman–Crippen LogP) is 2.58. The predicted molar refractivity (Wildman–Crippen MR) is 111 cm³/mol. The van der Waals surface area contributed by atoms with Crippen molar-refractivity contribution < 1.29 is 14.4 Å². The van der Waals surface area contributed by atoms with Gasteiger partial charge in [-0.25, -0.2) is 0 Å². The number of carbonyl (C=O) groups is 3. The van der Waals surface area contributed by atoms with Crippen molar-refractivity contribution in [2.45, 2.75) is 19.9 Å². The Labute approximate surface area is 165 Å². The highest BCUT2D eigenvalue weighted by Gasteiger charge is 2.10. The normalized spacial score (nSPS) is 10.3. The van der Waals surface area contributed by atoms with Crippen molar-refractivity contribution in [3.63, 3.8) is 0 Å². The maximum absolute atomic E-state index is 12.1. The summed E-state index contributed by atoms with van der Waals surface area (Å²) < 4.78 is 0. The lowest BCUT2D eigenvalue weighted by Gasteiger charge is -2.12. The van der Waals surface area contributed by atoms with Crippen molar-refractivity contribution in [3.05, 3.63) is 59.7 Å². The third-order valence-electron chi connectivity index (χ3n) is 3.82. The molecule has 0 unspecified atom stereocenters. The van der Waals surface area contributed by atoms with Gasteiger partial charge in [-0.2, -0.15) is 0 Å². The second-order valence-corrected chi connectivity index (χ2v) is 6.89. The van der Waals surface area contributed by atoms with Gasteiger partial charge in [0.05, 0.1) is 6.54 Å². The van der Waals surface area contributed by atoms with Crippen LogP contribution < -0.4 is 16.0 Å². The number of hydrogen-bond donors (Lipinski definition) is 3. The lowest BCUT2D eigenvalue weighted by molar-refractivity contribution is -0.114. The standard InChI is InChI=1S/C21H26N4O3/c1-14(2)23-20(27)16-6-5-7-18(12-16)22-13-19(26)24-17-10-8-15(9-11-17)21(28)25(3)4/h5-12,14,22H,13H2,1-4H3,(H,23,27)(H,24,26). The summed E-state index contributed by atoms with van der Waals surface area (Å²) in [6.07, 6.45) is 0. The molecule has 2 aromatic rings. The van der Waals surface area contributed by atoms with E-state index < -0.39 is 0 Å². The molecule has 3 amide bonds. The molecule has 7 heteroatoms. The van der Waals surface area contributed by atoms with Gasteiger partial charge in [-0.15, -0.1) is 0 Å². The highest BCUT2D eigenvalue weighted by molar-refractivity contribution is 5.97. The summed E-state index contributed by atoms with van der Waals surface area (Å²) >= 11 is 0. The van der Waals surface area contributed by atoms with E-state index in [4.69, 9.17) is 0 Å². The Kier molecular flexibility index (Phi) is 7.14. The van der Waals surface area contributed by atoms with Crippen LogP contribution in [0.5, 0.6) is 0 Å². The van der Waals surface area contributed by atoms with Crippen molar-refractivity contribution in [1.82, 2.24) is 10.2 Å². The van der Waals surface area contributed by atoms with Gasteiger partial charge >= 0.3 is 0 Å². The van der Waals surface area contributed by atoms with Crippen LogP contribution in [0.3, 0.4) is 0 Å². The minimum absolute atomic E-state index is 0.0492. The lowest BCUT2D eigenvalue weighted by atomic mass is 10.1. The fraction of sp³-hybridized carbons (Fsp3) is 0.286. The summed E-state index contributed by atoms with van der Waals surface area (Å²) in [4.78, 5) is 37.6. The fourth-order valence-electron chi connectivity index (χ4n) is 2.46. The van der Waals surface area contributed by atoms with E-state index in [1.807, 2.05) is 13.8 Å². The Balaban J connectivity index is 1.90. The van der Waals surface area contributed by atoms with Gasteiger partial charge in [0.1, 0.15) is 0 Å². The van der Waals surface area contributed by atoms with Gasteiger partial charge in [0, 0.05) is 42.6 Å². The van der Waals surface area contributed by atoms with Gasteiger partial charge in [0.2, 0.25) is 5.91 Å². The third-order valence-corrected chi connectivity index (χ3v) is 3.82. The molecular weight excluding hydrogens is 356 g/mol. The number of anilines is 2. The molecule has 0 radical (unpaired) electrons. The van der Waals surface area contributed by atoms with Crippen LogP contribution >= 0.6 is 0 Å². The minimum atomic E-state index is -0.233. The van der Waals surface area contributed by atoms with E-state index in [-0.39, 0.29) is 30.3 Å². The molecule has 0 aliphatic carbocycles. The van der Waals surface area contributed by atoms with Gasteiger partial charge in [-0.3, -0.25) is 14.4 Å². The van der Waals surface area contributed by atoms with E-state index in [0.29, 0.717) is 22.5 Å². The molecule has 0 saturated heterocycles. The summed E-state index contributed by atoms with van der Waals surface area (Å²) in [6.45, 7) is 3.84. The van der Waals surface area contributed by atoms with Crippen molar-refractivity contribution in [2.75, 3.05) is 31.3 Å². The molecule has 7 nitrogen and oxygen atoms in total. The molecule has 2 aromatic carbocycles. The Morgan fingerprint density at radius 1 is 0.929 bits per heavy atom. The smallest absolute Gasteiger partial charge is 0.253 e. The molecule has 148 valence electrons. The van der Waals surface area contributed by atoms with Crippen LogP contribution in [0.2, 0.25) is 0 Å². The number of amides is 3. The Morgan fingerprint density at radius 2 is 1.61 bits per heavy atom. The van der Waals surface area contributed by atoms with Crippen LogP contribution in [-0.2, 0) is 4.79 Å². The first kappa shape index (κ1) is 21.0. The first-order valence-corrected chi connectivity index (χ1v) is 9.02. The Morgan fingerprint density at radius 3 is 2.21 bits per heavy atom. The average molecular weight is 382 g/mol. The summed E-state index contributed by atoms with van der Waals surface area (Å²) in [5.74, 6) is -0.486. The summed E-state index contributed by atoms with van der Waals surface area (Å²) in [5.41, 5.74) is 2.36.